The Labute approximate surface area is 115 Å². The summed E-state index contributed by atoms with van der Waals surface area (Å²) >= 11 is 4.49. The van der Waals surface area contributed by atoms with E-state index in [1.807, 2.05) is 6.07 Å². The lowest BCUT2D eigenvalue weighted by Crippen LogP contribution is -2.12. The SMILES string of the molecule is N#Cc1ccc(NC(=O)c2csc(N)n2)c(Br)c1. The summed E-state index contributed by atoms with van der Waals surface area (Å²) in [5.74, 6) is -0.339. The molecule has 0 unspecified atom stereocenters. The molecule has 1 heterocycles. The number of hydrogen-bond donors (Lipinski definition) is 2. The minimum Gasteiger partial charge on any atom is -0.375 e. The van der Waals surface area contributed by atoms with Gasteiger partial charge >= 0.3 is 0 Å². The summed E-state index contributed by atoms with van der Waals surface area (Å²) < 4.78 is 0.637. The van der Waals surface area contributed by atoms with Crippen molar-refractivity contribution >= 4 is 44.0 Å². The van der Waals surface area contributed by atoms with Crippen molar-refractivity contribution in [2.24, 2.45) is 0 Å². The molecule has 0 fully saturated rings. The lowest BCUT2D eigenvalue weighted by molar-refractivity contribution is 0.102. The van der Waals surface area contributed by atoms with Gasteiger partial charge in [-0.25, -0.2) is 4.98 Å². The fourth-order valence-electron chi connectivity index (χ4n) is 1.26. The lowest BCUT2D eigenvalue weighted by atomic mass is 10.2. The molecule has 3 N–H and O–H groups in total. The maximum absolute atomic E-state index is 11.8. The molecule has 0 bridgehead atoms. The van der Waals surface area contributed by atoms with Crippen molar-refractivity contribution in [2.75, 3.05) is 11.1 Å². The Morgan fingerprint density at radius 1 is 1.56 bits per heavy atom. The summed E-state index contributed by atoms with van der Waals surface area (Å²) in [5, 5.41) is 13.4. The summed E-state index contributed by atoms with van der Waals surface area (Å²) in [6, 6.07) is 6.91. The first-order valence-electron chi connectivity index (χ1n) is 4.82. The van der Waals surface area contributed by atoms with E-state index in [2.05, 4.69) is 26.2 Å². The van der Waals surface area contributed by atoms with Crippen LogP contribution in [0.5, 0.6) is 0 Å². The fraction of sp³-hybridized carbons (Fsp3) is 0. The molecule has 0 atom stereocenters. The van der Waals surface area contributed by atoms with Crippen LogP contribution in [-0.2, 0) is 0 Å². The van der Waals surface area contributed by atoms with Crippen LogP contribution in [0.15, 0.2) is 28.1 Å². The molecule has 2 aromatic rings. The summed E-state index contributed by atoms with van der Waals surface area (Å²) in [7, 11) is 0. The average molecular weight is 323 g/mol. The largest absolute Gasteiger partial charge is 0.375 e. The number of benzene rings is 1. The van der Waals surface area contributed by atoms with Crippen molar-refractivity contribution in [3.63, 3.8) is 0 Å². The molecule has 1 amide bonds. The van der Waals surface area contributed by atoms with Crippen molar-refractivity contribution in [1.29, 1.82) is 5.26 Å². The molecule has 0 spiro atoms. The Balaban J connectivity index is 2.20. The van der Waals surface area contributed by atoms with E-state index >= 15 is 0 Å². The number of nitrogens with zero attached hydrogens (tertiary/aromatic N) is 2. The van der Waals surface area contributed by atoms with Crippen LogP contribution in [0.1, 0.15) is 16.1 Å². The van der Waals surface area contributed by atoms with Gasteiger partial charge in [-0.2, -0.15) is 5.26 Å². The molecule has 0 aliphatic rings. The normalized spacial score (nSPS) is 9.78. The molecular formula is C11H7BrN4OS. The number of halogens is 1. The Bertz CT molecular complexity index is 647. The van der Waals surface area contributed by atoms with Crippen molar-refractivity contribution in [1.82, 2.24) is 4.98 Å². The van der Waals surface area contributed by atoms with E-state index < -0.39 is 0 Å². The molecule has 90 valence electrons. The minimum atomic E-state index is -0.339. The number of nitrogens with one attached hydrogen (secondary N) is 1. The maximum atomic E-state index is 11.8. The van der Waals surface area contributed by atoms with Crippen molar-refractivity contribution in [3.05, 3.63) is 39.3 Å². The van der Waals surface area contributed by atoms with Gasteiger partial charge in [-0.05, 0) is 34.1 Å². The predicted molar refractivity (Wildman–Crippen MR) is 73.3 cm³/mol. The molecule has 0 saturated carbocycles. The molecule has 5 nitrogen and oxygen atoms in total. The number of nitrogen functional groups attached to an aromatic ring is 1. The first-order chi connectivity index (χ1) is 8.60. The number of hydrogen-bond acceptors (Lipinski definition) is 5. The number of amides is 1. The molecule has 0 radical (unpaired) electrons. The second kappa shape index (κ2) is 5.16. The van der Waals surface area contributed by atoms with Crippen LogP contribution in [0.2, 0.25) is 0 Å². The zero-order valence-electron chi connectivity index (χ0n) is 8.98. The number of carbonyl (C=O) groups is 1. The second-order valence-electron chi connectivity index (χ2n) is 3.33. The molecule has 7 heteroatoms. The van der Waals surface area contributed by atoms with Gasteiger partial charge in [-0.15, -0.1) is 11.3 Å². The number of nitrogens with two attached hydrogens (primary N) is 1. The van der Waals surface area contributed by atoms with Crippen molar-refractivity contribution < 1.29 is 4.79 Å². The first kappa shape index (κ1) is 12.5. The molecular weight excluding hydrogens is 316 g/mol. The highest BCUT2D eigenvalue weighted by Crippen LogP contribution is 2.24. The Morgan fingerprint density at radius 2 is 2.33 bits per heavy atom. The van der Waals surface area contributed by atoms with E-state index in [0.29, 0.717) is 20.9 Å². The minimum absolute atomic E-state index is 0.272. The van der Waals surface area contributed by atoms with Crippen LogP contribution in [-0.4, -0.2) is 10.9 Å². The third-order valence-electron chi connectivity index (χ3n) is 2.10. The Kier molecular flexibility index (Phi) is 3.60. The monoisotopic (exact) mass is 322 g/mol. The Morgan fingerprint density at radius 3 is 2.89 bits per heavy atom. The number of thiazole rings is 1. The number of aromatic nitrogens is 1. The van der Waals surface area contributed by atoms with E-state index in [9.17, 15) is 4.79 Å². The third kappa shape index (κ3) is 2.67. The zero-order valence-corrected chi connectivity index (χ0v) is 11.4. The number of carbonyl (C=O) groups excluding carboxylic acids is 1. The van der Waals surface area contributed by atoms with E-state index in [1.165, 1.54) is 11.3 Å². The van der Waals surface area contributed by atoms with Gasteiger partial charge in [0.2, 0.25) is 0 Å². The molecule has 1 aromatic heterocycles. The number of rotatable bonds is 2. The van der Waals surface area contributed by atoms with Gasteiger partial charge in [0.25, 0.3) is 5.91 Å². The van der Waals surface area contributed by atoms with E-state index in [1.54, 1.807) is 23.6 Å². The van der Waals surface area contributed by atoms with Crippen LogP contribution in [0.25, 0.3) is 0 Å². The molecule has 0 aliphatic heterocycles. The van der Waals surface area contributed by atoms with Gasteiger partial charge in [-0.3, -0.25) is 4.79 Å². The highest BCUT2D eigenvalue weighted by atomic mass is 79.9. The maximum Gasteiger partial charge on any atom is 0.275 e. The predicted octanol–water partition coefficient (Wildman–Crippen LogP) is 2.61. The molecule has 0 saturated heterocycles. The van der Waals surface area contributed by atoms with Gasteiger partial charge in [0.15, 0.2) is 5.13 Å². The summed E-state index contributed by atoms with van der Waals surface area (Å²) in [6.07, 6.45) is 0. The van der Waals surface area contributed by atoms with Crippen LogP contribution >= 0.6 is 27.3 Å². The van der Waals surface area contributed by atoms with Crippen LogP contribution in [0.3, 0.4) is 0 Å². The van der Waals surface area contributed by atoms with Gasteiger partial charge < -0.3 is 11.1 Å². The van der Waals surface area contributed by atoms with Crippen molar-refractivity contribution in [2.45, 2.75) is 0 Å². The average Bonchev–Trinajstić information content (AvgIpc) is 2.78. The van der Waals surface area contributed by atoms with E-state index in [4.69, 9.17) is 11.0 Å². The Hall–Kier alpha value is -1.91. The van der Waals surface area contributed by atoms with Gasteiger partial charge in [0.05, 0.1) is 17.3 Å². The number of anilines is 2. The summed E-state index contributed by atoms with van der Waals surface area (Å²) in [5.41, 5.74) is 6.82. The topological polar surface area (TPSA) is 91.8 Å². The molecule has 2 rings (SSSR count). The first-order valence-corrected chi connectivity index (χ1v) is 6.49. The van der Waals surface area contributed by atoms with Crippen molar-refractivity contribution in [3.8, 4) is 6.07 Å². The summed E-state index contributed by atoms with van der Waals surface area (Å²) in [6.45, 7) is 0. The van der Waals surface area contributed by atoms with Gasteiger partial charge in [-0.1, -0.05) is 0 Å². The number of nitriles is 1. The van der Waals surface area contributed by atoms with E-state index in [0.717, 1.165) is 0 Å². The standard InChI is InChI=1S/C11H7BrN4OS/c12-7-3-6(4-13)1-2-8(7)15-10(17)9-5-18-11(14)16-9/h1-3,5H,(H2,14,16)(H,15,17). The second-order valence-corrected chi connectivity index (χ2v) is 5.08. The lowest BCUT2D eigenvalue weighted by Gasteiger charge is -2.05. The highest BCUT2D eigenvalue weighted by molar-refractivity contribution is 9.10. The van der Waals surface area contributed by atoms with Crippen LogP contribution in [0.4, 0.5) is 10.8 Å². The van der Waals surface area contributed by atoms with Gasteiger partial charge in [0, 0.05) is 9.85 Å². The highest BCUT2D eigenvalue weighted by Gasteiger charge is 2.11. The molecule has 0 aliphatic carbocycles. The third-order valence-corrected chi connectivity index (χ3v) is 3.43. The molecule has 1 aromatic carbocycles. The van der Waals surface area contributed by atoms with Gasteiger partial charge in [0.1, 0.15) is 5.69 Å². The quantitative estimate of drug-likeness (QED) is 0.888. The van der Waals surface area contributed by atoms with Crippen LogP contribution in [0, 0.1) is 11.3 Å². The van der Waals surface area contributed by atoms with Crippen LogP contribution < -0.4 is 11.1 Å². The zero-order chi connectivity index (χ0) is 13.1. The summed E-state index contributed by atoms with van der Waals surface area (Å²) in [4.78, 5) is 15.7. The fourth-order valence-corrected chi connectivity index (χ4v) is 2.29. The molecule has 18 heavy (non-hydrogen) atoms. The van der Waals surface area contributed by atoms with E-state index in [-0.39, 0.29) is 11.6 Å². The smallest absolute Gasteiger partial charge is 0.275 e.